The lowest BCUT2D eigenvalue weighted by Gasteiger charge is -2.26. The van der Waals surface area contributed by atoms with Crippen molar-refractivity contribution in [1.82, 2.24) is 5.32 Å². The molecule has 4 nitrogen and oxygen atoms in total. The molecule has 120 valence electrons. The van der Waals surface area contributed by atoms with Gasteiger partial charge in [-0.15, -0.1) is 0 Å². The number of carbonyl (C=O) groups excluding carboxylic acids is 1. The molecule has 0 aliphatic carbocycles. The summed E-state index contributed by atoms with van der Waals surface area (Å²) in [5.74, 6) is -0.0814. The normalized spacial score (nSPS) is 18.9. The van der Waals surface area contributed by atoms with E-state index in [4.69, 9.17) is 11.6 Å². The van der Waals surface area contributed by atoms with Crippen LogP contribution in [0.1, 0.15) is 23.6 Å². The third-order valence-corrected chi connectivity index (χ3v) is 5.98. The molecule has 23 heavy (non-hydrogen) atoms. The van der Waals surface area contributed by atoms with E-state index in [2.05, 4.69) is 5.32 Å². The Morgan fingerprint density at radius 3 is 2.57 bits per heavy atom. The minimum atomic E-state index is -3.24. The van der Waals surface area contributed by atoms with E-state index in [1.54, 1.807) is 48.5 Å². The molecular formula is C17H16ClNO3S. The SMILES string of the molecule is O=C(Cc1ccc(Cl)cc1)NC1CCS(=O)(=O)c2ccccc21. The van der Waals surface area contributed by atoms with E-state index in [9.17, 15) is 13.2 Å². The highest BCUT2D eigenvalue weighted by Gasteiger charge is 2.30. The molecule has 0 aromatic heterocycles. The van der Waals surface area contributed by atoms with Crippen LogP contribution in [0.25, 0.3) is 0 Å². The van der Waals surface area contributed by atoms with Crippen LogP contribution >= 0.6 is 11.6 Å². The van der Waals surface area contributed by atoms with Crippen LogP contribution < -0.4 is 5.32 Å². The molecule has 0 spiro atoms. The smallest absolute Gasteiger partial charge is 0.224 e. The summed E-state index contributed by atoms with van der Waals surface area (Å²) >= 11 is 5.83. The van der Waals surface area contributed by atoms with Crippen molar-refractivity contribution in [3.05, 3.63) is 64.7 Å². The molecule has 3 rings (SSSR count). The van der Waals surface area contributed by atoms with Crippen LogP contribution in [0.3, 0.4) is 0 Å². The summed E-state index contributed by atoms with van der Waals surface area (Å²) in [5.41, 5.74) is 1.53. The molecule has 1 unspecified atom stereocenters. The summed E-state index contributed by atoms with van der Waals surface area (Å²) in [6.45, 7) is 0. The van der Waals surface area contributed by atoms with Crippen LogP contribution in [0.2, 0.25) is 5.02 Å². The molecular weight excluding hydrogens is 334 g/mol. The second-order valence-electron chi connectivity index (χ2n) is 5.57. The number of fused-ring (bicyclic) bond motifs is 1. The third kappa shape index (κ3) is 3.57. The van der Waals surface area contributed by atoms with Crippen molar-refractivity contribution in [2.45, 2.75) is 23.8 Å². The van der Waals surface area contributed by atoms with Crippen LogP contribution in [0.15, 0.2) is 53.4 Å². The van der Waals surface area contributed by atoms with Gasteiger partial charge in [-0.25, -0.2) is 8.42 Å². The van der Waals surface area contributed by atoms with Crippen molar-refractivity contribution in [1.29, 1.82) is 0 Å². The van der Waals surface area contributed by atoms with Crippen molar-refractivity contribution in [3.63, 3.8) is 0 Å². The molecule has 1 N–H and O–H groups in total. The van der Waals surface area contributed by atoms with Crippen molar-refractivity contribution < 1.29 is 13.2 Å². The first-order valence-corrected chi connectivity index (χ1v) is 9.34. The number of sulfone groups is 1. The van der Waals surface area contributed by atoms with Gasteiger partial charge in [-0.05, 0) is 35.7 Å². The predicted octanol–water partition coefficient (Wildman–Crippen LogP) is 2.92. The average Bonchev–Trinajstić information content (AvgIpc) is 2.53. The number of amides is 1. The average molecular weight is 350 g/mol. The number of hydrogen-bond donors (Lipinski definition) is 1. The van der Waals surface area contributed by atoms with Gasteiger partial charge in [0.05, 0.1) is 23.1 Å². The molecule has 1 aliphatic rings. The van der Waals surface area contributed by atoms with Gasteiger partial charge >= 0.3 is 0 Å². The van der Waals surface area contributed by atoms with Crippen LogP contribution in [0, 0.1) is 0 Å². The molecule has 0 saturated heterocycles. The first-order valence-electron chi connectivity index (χ1n) is 7.31. The minimum absolute atomic E-state index is 0.0515. The van der Waals surface area contributed by atoms with Gasteiger partial charge in [0.1, 0.15) is 0 Å². The molecule has 1 amide bonds. The van der Waals surface area contributed by atoms with Gasteiger partial charge < -0.3 is 5.32 Å². The summed E-state index contributed by atoms with van der Waals surface area (Å²) in [7, 11) is -3.24. The lowest BCUT2D eigenvalue weighted by atomic mass is 10.0. The second-order valence-corrected chi connectivity index (χ2v) is 8.08. The number of halogens is 1. The summed E-state index contributed by atoms with van der Waals surface area (Å²) in [4.78, 5) is 12.6. The van der Waals surface area contributed by atoms with Crippen LogP contribution in [-0.2, 0) is 21.1 Å². The molecule has 1 atom stereocenters. The zero-order valence-electron chi connectivity index (χ0n) is 12.3. The Morgan fingerprint density at radius 2 is 1.83 bits per heavy atom. The van der Waals surface area contributed by atoms with Gasteiger partial charge in [0.2, 0.25) is 5.91 Å². The van der Waals surface area contributed by atoms with Gasteiger partial charge in [0.15, 0.2) is 9.84 Å². The first-order chi connectivity index (χ1) is 11.0. The highest BCUT2D eigenvalue weighted by Crippen LogP contribution is 2.31. The largest absolute Gasteiger partial charge is 0.349 e. The van der Waals surface area contributed by atoms with E-state index in [0.717, 1.165) is 5.56 Å². The molecule has 0 fully saturated rings. The van der Waals surface area contributed by atoms with Gasteiger partial charge in [0, 0.05) is 5.02 Å². The quantitative estimate of drug-likeness (QED) is 0.926. The van der Waals surface area contributed by atoms with Crippen LogP contribution in [0.5, 0.6) is 0 Å². The Balaban J connectivity index is 1.75. The highest BCUT2D eigenvalue weighted by atomic mass is 35.5. The van der Waals surface area contributed by atoms with Crippen LogP contribution in [-0.4, -0.2) is 20.1 Å². The fourth-order valence-corrected chi connectivity index (χ4v) is 4.52. The van der Waals surface area contributed by atoms with E-state index in [1.165, 1.54) is 0 Å². The van der Waals surface area contributed by atoms with Gasteiger partial charge in [-0.2, -0.15) is 0 Å². The van der Waals surface area contributed by atoms with Crippen molar-refractivity contribution in [2.24, 2.45) is 0 Å². The Hall–Kier alpha value is -1.85. The fraction of sp³-hybridized carbons (Fsp3) is 0.235. The summed E-state index contributed by atoms with van der Waals surface area (Å²) in [5, 5.41) is 3.57. The van der Waals surface area contributed by atoms with Gasteiger partial charge in [-0.3, -0.25) is 4.79 Å². The number of benzene rings is 2. The summed E-state index contributed by atoms with van der Waals surface area (Å²) in [6, 6.07) is 13.7. The first kappa shape index (κ1) is 16.0. The van der Waals surface area contributed by atoms with E-state index in [-0.39, 0.29) is 24.1 Å². The molecule has 0 bridgehead atoms. The van der Waals surface area contributed by atoms with Crippen molar-refractivity contribution >= 4 is 27.3 Å². The molecule has 1 aliphatic heterocycles. The number of hydrogen-bond acceptors (Lipinski definition) is 3. The van der Waals surface area contributed by atoms with Gasteiger partial charge in [-0.1, -0.05) is 41.9 Å². The Labute approximate surface area is 140 Å². The zero-order chi connectivity index (χ0) is 16.4. The maximum atomic E-state index is 12.2. The lowest BCUT2D eigenvalue weighted by molar-refractivity contribution is -0.121. The van der Waals surface area contributed by atoms with Crippen molar-refractivity contribution in [2.75, 3.05) is 5.75 Å². The topological polar surface area (TPSA) is 63.2 Å². The molecule has 6 heteroatoms. The number of carbonyl (C=O) groups is 1. The maximum absolute atomic E-state index is 12.2. The number of nitrogens with one attached hydrogen (secondary N) is 1. The third-order valence-electron chi connectivity index (χ3n) is 3.92. The fourth-order valence-electron chi connectivity index (χ4n) is 2.77. The molecule has 2 aromatic rings. The Morgan fingerprint density at radius 1 is 1.13 bits per heavy atom. The van der Waals surface area contributed by atoms with Crippen LogP contribution in [0.4, 0.5) is 0 Å². The Kier molecular flexibility index (Phi) is 4.41. The summed E-state index contributed by atoms with van der Waals surface area (Å²) < 4.78 is 24.2. The number of rotatable bonds is 3. The molecule has 1 heterocycles. The summed E-state index contributed by atoms with van der Waals surface area (Å²) in [6.07, 6.45) is 0.633. The predicted molar refractivity (Wildman–Crippen MR) is 89.2 cm³/mol. The lowest BCUT2D eigenvalue weighted by Crippen LogP contribution is -2.34. The van der Waals surface area contributed by atoms with E-state index in [0.29, 0.717) is 21.9 Å². The molecule has 0 radical (unpaired) electrons. The molecule has 2 aromatic carbocycles. The van der Waals surface area contributed by atoms with E-state index < -0.39 is 9.84 Å². The van der Waals surface area contributed by atoms with E-state index >= 15 is 0 Å². The maximum Gasteiger partial charge on any atom is 0.224 e. The zero-order valence-corrected chi connectivity index (χ0v) is 13.9. The highest BCUT2D eigenvalue weighted by molar-refractivity contribution is 7.91. The second kappa shape index (κ2) is 6.34. The Bertz CT molecular complexity index is 831. The molecule has 0 saturated carbocycles. The minimum Gasteiger partial charge on any atom is -0.349 e. The van der Waals surface area contributed by atoms with Crippen molar-refractivity contribution in [3.8, 4) is 0 Å². The van der Waals surface area contributed by atoms with Gasteiger partial charge in [0.25, 0.3) is 0 Å². The standard InChI is InChI=1S/C17H16ClNO3S/c18-13-7-5-12(6-8-13)11-17(20)19-15-9-10-23(21,22)16-4-2-1-3-14(15)16/h1-8,15H,9-11H2,(H,19,20). The monoisotopic (exact) mass is 349 g/mol. The van der Waals surface area contributed by atoms with E-state index in [1.807, 2.05) is 0 Å².